The Morgan fingerprint density at radius 3 is 2.69 bits per heavy atom. The van der Waals surface area contributed by atoms with Crippen LogP contribution in [0.1, 0.15) is 39.1 Å². The first-order chi connectivity index (χ1) is 12.6. The van der Waals surface area contributed by atoms with Crippen molar-refractivity contribution in [2.24, 2.45) is 4.99 Å². The maximum Gasteiger partial charge on any atom is 0.133 e. The zero-order valence-corrected chi connectivity index (χ0v) is 16.0. The third kappa shape index (κ3) is 4.06. The molecule has 2 heterocycles. The Kier molecular flexibility index (Phi) is 5.59. The normalized spacial score (nSPS) is 12.4. The van der Waals surface area contributed by atoms with Gasteiger partial charge in [0.05, 0.1) is 24.9 Å². The second-order valence-electron chi connectivity index (χ2n) is 6.22. The number of hydrogen-bond donors (Lipinski definition) is 0. The molecule has 0 amide bonds. The van der Waals surface area contributed by atoms with Crippen LogP contribution < -0.4 is 0 Å². The van der Waals surface area contributed by atoms with E-state index in [2.05, 4.69) is 40.2 Å². The SMILES string of the molecule is Cc1csc([C@@H](C#N)C=NCc2c(C)nn(Cc3ccccc3)c2C)n1. The summed E-state index contributed by atoms with van der Waals surface area (Å²) in [4.78, 5) is 8.89. The number of hydrogen-bond acceptors (Lipinski definition) is 5. The van der Waals surface area contributed by atoms with E-state index in [9.17, 15) is 5.26 Å². The Morgan fingerprint density at radius 2 is 2.04 bits per heavy atom. The Bertz CT molecular complexity index is 946. The second kappa shape index (κ2) is 8.07. The van der Waals surface area contributed by atoms with Crippen molar-refractivity contribution in [1.82, 2.24) is 14.8 Å². The Balaban J connectivity index is 1.73. The van der Waals surface area contributed by atoms with Crippen molar-refractivity contribution in [3.8, 4) is 6.07 Å². The summed E-state index contributed by atoms with van der Waals surface area (Å²) in [5, 5.41) is 16.8. The van der Waals surface area contributed by atoms with E-state index < -0.39 is 5.92 Å². The molecule has 26 heavy (non-hydrogen) atoms. The van der Waals surface area contributed by atoms with Crippen LogP contribution in [-0.2, 0) is 13.1 Å². The molecule has 0 spiro atoms. The second-order valence-corrected chi connectivity index (χ2v) is 7.11. The molecule has 132 valence electrons. The minimum Gasteiger partial charge on any atom is -0.291 e. The summed E-state index contributed by atoms with van der Waals surface area (Å²) in [5.41, 5.74) is 5.37. The average molecular weight is 363 g/mol. The van der Waals surface area contributed by atoms with Crippen LogP contribution in [0.3, 0.4) is 0 Å². The predicted molar refractivity (Wildman–Crippen MR) is 105 cm³/mol. The van der Waals surface area contributed by atoms with E-state index in [1.165, 1.54) is 16.9 Å². The van der Waals surface area contributed by atoms with Crippen molar-refractivity contribution in [1.29, 1.82) is 5.26 Å². The number of aromatic nitrogens is 3. The standard InChI is InChI=1S/C20H21N5S/c1-14-13-26-20(23-14)18(9-21)10-22-11-19-15(2)24-25(16(19)3)12-17-7-5-4-6-8-17/h4-8,10,13,18H,11-12H2,1-3H3/t18-/m0/s1. The van der Waals surface area contributed by atoms with E-state index in [1.54, 1.807) is 6.21 Å². The Labute approximate surface area is 157 Å². The fourth-order valence-corrected chi connectivity index (χ4v) is 3.59. The maximum atomic E-state index is 9.37. The van der Waals surface area contributed by atoms with Gasteiger partial charge in [-0.3, -0.25) is 9.67 Å². The molecule has 1 aromatic carbocycles. The van der Waals surface area contributed by atoms with E-state index in [-0.39, 0.29) is 0 Å². The van der Waals surface area contributed by atoms with Crippen LogP contribution in [0.15, 0.2) is 40.7 Å². The van der Waals surface area contributed by atoms with Gasteiger partial charge in [-0.25, -0.2) is 4.98 Å². The third-order valence-electron chi connectivity index (χ3n) is 4.25. The predicted octanol–water partition coefficient (Wildman–Crippen LogP) is 4.19. The smallest absolute Gasteiger partial charge is 0.133 e. The summed E-state index contributed by atoms with van der Waals surface area (Å²) < 4.78 is 2.02. The fraction of sp³-hybridized carbons (Fsp3) is 0.300. The maximum absolute atomic E-state index is 9.37. The average Bonchev–Trinajstić information content (AvgIpc) is 3.17. The highest BCUT2D eigenvalue weighted by molar-refractivity contribution is 7.09. The van der Waals surface area contributed by atoms with Gasteiger partial charge in [0, 0.05) is 28.5 Å². The summed E-state index contributed by atoms with van der Waals surface area (Å²) in [5.74, 6) is -0.395. The van der Waals surface area contributed by atoms with Crippen LogP contribution in [-0.4, -0.2) is 21.0 Å². The molecular formula is C20H21N5S. The lowest BCUT2D eigenvalue weighted by Gasteiger charge is -2.05. The summed E-state index contributed by atoms with van der Waals surface area (Å²) in [6.45, 7) is 7.27. The summed E-state index contributed by atoms with van der Waals surface area (Å²) in [6, 6.07) is 12.5. The first kappa shape index (κ1) is 18.0. The van der Waals surface area contributed by atoms with Crippen molar-refractivity contribution in [3.05, 3.63) is 68.9 Å². The first-order valence-corrected chi connectivity index (χ1v) is 9.35. The number of rotatable bonds is 6. The molecule has 3 rings (SSSR count). The number of aryl methyl sites for hydroxylation is 2. The van der Waals surface area contributed by atoms with Crippen LogP contribution in [0.2, 0.25) is 0 Å². The van der Waals surface area contributed by atoms with Crippen LogP contribution in [0.4, 0.5) is 0 Å². The van der Waals surface area contributed by atoms with Gasteiger partial charge >= 0.3 is 0 Å². The summed E-state index contributed by atoms with van der Waals surface area (Å²) >= 11 is 1.50. The topological polar surface area (TPSA) is 66.9 Å². The Hall–Kier alpha value is -2.78. The van der Waals surface area contributed by atoms with Crippen molar-refractivity contribution < 1.29 is 0 Å². The number of aliphatic imine (C=N–C) groups is 1. The van der Waals surface area contributed by atoms with Crippen molar-refractivity contribution >= 4 is 17.6 Å². The molecule has 0 saturated heterocycles. The number of nitrogens with zero attached hydrogens (tertiary/aromatic N) is 5. The highest BCUT2D eigenvalue weighted by Crippen LogP contribution is 2.19. The minimum absolute atomic E-state index is 0.395. The van der Waals surface area contributed by atoms with Crippen LogP contribution in [0.25, 0.3) is 0 Å². The lowest BCUT2D eigenvalue weighted by Crippen LogP contribution is -2.04. The lowest BCUT2D eigenvalue weighted by atomic mass is 10.2. The van der Waals surface area contributed by atoms with Crippen LogP contribution >= 0.6 is 11.3 Å². The quantitative estimate of drug-likeness (QED) is 0.617. The summed E-state index contributed by atoms with van der Waals surface area (Å²) in [7, 11) is 0. The van der Waals surface area contributed by atoms with E-state index in [0.717, 1.165) is 34.2 Å². The molecule has 0 aliphatic heterocycles. The van der Waals surface area contributed by atoms with Crippen LogP contribution in [0, 0.1) is 32.1 Å². The molecule has 0 fully saturated rings. The largest absolute Gasteiger partial charge is 0.291 e. The zero-order chi connectivity index (χ0) is 18.5. The summed E-state index contributed by atoms with van der Waals surface area (Å²) in [6.07, 6.45) is 1.70. The van der Waals surface area contributed by atoms with Gasteiger partial charge in [0.25, 0.3) is 0 Å². The van der Waals surface area contributed by atoms with Gasteiger partial charge in [0.2, 0.25) is 0 Å². The van der Waals surface area contributed by atoms with Gasteiger partial charge in [-0.15, -0.1) is 11.3 Å². The molecule has 0 saturated carbocycles. The van der Waals surface area contributed by atoms with Gasteiger partial charge < -0.3 is 0 Å². The number of thiazole rings is 1. The number of benzene rings is 1. The monoisotopic (exact) mass is 363 g/mol. The molecule has 5 nitrogen and oxygen atoms in total. The molecule has 0 radical (unpaired) electrons. The lowest BCUT2D eigenvalue weighted by molar-refractivity contribution is 0.658. The van der Waals surface area contributed by atoms with Gasteiger partial charge in [-0.05, 0) is 26.3 Å². The molecule has 0 aliphatic rings. The van der Waals surface area contributed by atoms with E-state index in [4.69, 9.17) is 0 Å². The minimum atomic E-state index is -0.395. The van der Waals surface area contributed by atoms with Gasteiger partial charge in [0.1, 0.15) is 10.9 Å². The van der Waals surface area contributed by atoms with Crippen LogP contribution in [0.5, 0.6) is 0 Å². The van der Waals surface area contributed by atoms with Gasteiger partial charge in [0.15, 0.2) is 0 Å². The van der Waals surface area contributed by atoms with E-state index in [1.807, 2.05) is 42.1 Å². The molecule has 0 unspecified atom stereocenters. The molecule has 1 atom stereocenters. The molecule has 0 aliphatic carbocycles. The molecular weight excluding hydrogens is 342 g/mol. The first-order valence-electron chi connectivity index (χ1n) is 8.47. The molecule has 0 bridgehead atoms. The number of nitriles is 1. The van der Waals surface area contributed by atoms with Crippen molar-refractivity contribution in [2.75, 3.05) is 0 Å². The fourth-order valence-electron chi connectivity index (χ4n) is 2.79. The van der Waals surface area contributed by atoms with E-state index >= 15 is 0 Å². The molecule has 3 aromatic rings. The van der Waals surface area contributed by atoms with E-state index in [0.29, 0.717) is 6.54 Å². The highest BCUT2D eigenvalue weighted by atomic mass is 32.1. The Morgan fingerprint density at radius 1 is 1.27 bits per heavy atom. The van der Waals surface area contributed by atoms with Crippen molar-refractivity contribution in [2.45, 2.75) is 39.8 Å². The molecule has 6 heteroatoms. The van der Waals surface area contributed by atoms with Gasteiger partial charge in [-0.1, -0.05) is 30.3 Å². The van der Waals surface area contributed by atoms with Gasteiger partial charge in [-0.2, -0.15) is 10.4 Å². The molecule has 0 N–H and O–H groups in total. The highest BCUT2D eigenvalue weighted by Gasteiger charge is 2.13. The van der Waals surface area contributed by atoms with Crippen molar-refractivity contribution in [3.63, 3.8) is 0 Å². The zero-order valence-electron chi connectivity index (χ0n) is 15.2. The molecule has 2 aromatic heterocycles. The third-order valence-corrected chi connectivity index (χ3v) is 5.30.